The first kappa shape index (κ1) is 10.0. The molecular formula is C11H16O2. The van der Waals surface area contributed by atoms with Gasteiger partial charge in [0.15, 0.2) is 0 Å². The van der Waals surface area contributed by atoms with Crippen molar-refractivity contribution in [3.05, 3.63) is 23.8 Å². The molecular weight excluding hydrogens is 164 g/mol. The van der Waals surface area contributed by atoms with Crippen LogP contribution in [0, 0.1) is 5.92 Å². The standard InChI is InChI=1S/C11H16O2/c1-2-3-9-4-6-10(7-5-9)8-11(12)13/h4,6-7,9H,2-3,5,8H2,1H3,(H,12,13). The van der Waals surface area contributed by atoms with Crippen LogP contribution in [0.25, 0.3) is 0 Å². The minimum absolute atomic E-state index is 0.162. The number of carbonyl (C=O) groups is 1. The van der Waals surface area contributed by atoms with E-state index in [0.29, 0.717) is 5.92 Å². The highest BCUT2D eigenvalue weighted by Gasteiger charge is 2.09. The zero-order valence-corrected chi connectivity index (χ0v) is 7.99. The molecule has 0 heterocycles. The van der Waals surface area contributed by atoms with Crippen molar-refractivity contribution in [2.24, 2.45) is 5.92 Å². The summed E-state index contributed by atoms with van der Waals surface area (Å²) in [5, 5.41) is 8.56. The Kier molecular flexibility index (Phi) is 3.74. The zero-order chi connectivity index (χ0) is 9.68. The highest BCUT2D eigenvalue weighted by atomic mass is 16.4. The number of rotatable bonds is 4. The van der Waals surface area contributed by atoms with Crippen LogP contribution in [0.5, 0.6) is 0 Å². The number of hydrogen-bond donors (Lipinski definition) is 1. The van der Waals surface area contributed by atoms with Crippen molar-refractivity contribution >= 4 is 5.97 Å². The minimum atomic E-state index is -0.746. The van der Waals surface area contributed by atoms with Crippen molar-refractivity contribution in [2.75, 3.05) is 0 Å². The van der Waals surface area contributed by atoms with Crippen LogP contribution in [0.2, 0.25) is 0 Å². The van der Waals surface area contributed by atoms with Crippen molar-refractivity contribution in [3.63, 3.8) is 0 Å². The third-order valence-corrected chi connectivity index (χ3v) is 2.28. The van der Waals surface area contributed by atoms with Gasteiger partial charge in [0.25, 0.3) is 0 Å². The molecule has 1 unspecified atom stereocenters. The van der Waals surface area contributed by atoms with Gasteiger partial charge in [0.1, 0.15) is 0 Å². The SMILES string of the molecule is CCCC1C=CC(CC(=O)O)=CC1. The predicted molar refractivity (Wildman–Crippen MR) is 52.5 cm³/mol. The van der Waals surface area contributed by atoms with E-state index in [1.54, 1.807) is 0 Å². The van der Waals surface area contributed by atoms with Gasteiger partial charge < -0.3 is 5.11 Å². The summed E-state index contributed by atoms with van der Waals surface area (Å²) in [5.41, 5.74) is 0.944. The first-order chi connectivity index (χ1) is 6.22. The van der Waals surface area contributed by atoms with Gasteiger partial charge in [0.2, 0.25) is 0 Å². The second kappa shape index (κ2) is 4.85. The Labute approximate surface area is 79.0 Å². The lowest BCUT2D eigenvalue weighted by Gasteiger charge is -2.14. The quantitative estimate of drug-likeness (QED) is 0.722. The number of allylic oxidation sites excluding steroid dienone is 3. The summed E-state index contributed by atoms with van der Waals surface area (Å²) in [6.07, 6.45) is 9.71. The van der Waals surface area contributed by atoms with Gasteiger partial charge in [-0.05, 0) is 24.3 Å². The monoisotopic (exact) mass is 180 g/mol. The fourth-order valence-electron chi connectivity index (χ4n) is 1.60. The lowest BCUT2D eigenvalue weighted by molar-refractivity contribution is -0.136. The van der Waals surface area contributed by atoms with Gasteiger partial charge in [-0.1, -0.05) is 31.6 Å². The molecule has 2 nitrogen and oxygen atoms in total. The number of carboxylic acid groups (broad SMARTS) is 1. The molecule has 0 aliphatic heterocycles. The molecule has 0 fully saturated rings. The lowest BCUT2D eigenvalue weighted by Crippen LogP contribution is -2.02. The number of hydrogen-bond acceptors (Lipinski definition) is 1. The molecule has 1 atom stereocenters. The molecule has 1 N–H and O–H groups in total. The van der Waals surface area contributed by atoms with Crippen molar-refractivity contribution in [1.29, 1.82) is 0 Å². The van der Waals surface area contributed by atoms with Crippen molar-refractivity contribution in [1.82, 2.24) is 0 Å². The molecule has 0 aromatic heterocycles. The molecule has 0 amide bonds. The third kappa shape index (κ3) is 3.45. The van der Waals surface area contributed by atoms with Gasteiger partial charge in [-0.3, -0.25) is 4.79 Å². The Bertz CT molecular complexity index is 238. The average Bonchev–Trinajstić information content (AvgIpc) is 2.08. The molecule has 1 aliphatic rings. The van der Waals surface area contributed by atoms with Crippen molar-refractivity contribution in [2.45, 2.75) is 32.6 Å². The van der Waals surface area contributed by atoms with Gasteiger partial charge >= 0.3 is 5.97 Å². The summed E-state index contributed by atoms with van der Waals surface area (Å²) in [7, 11) is 0. The van der Waals surface area contributed by atoms with E-state index in [1.165, 1.54) is 12.8 Å². The highest BCUT2D eigenvalue weighted by molar-refractivity contribution is 5.71. The summed E-state index contributed by atoms with van der Waals surface area (Å²) >= 11 is 0. The van der Waals surface area contributed by atoms with Crippen LogP contribution in [0.1, 0.15) is 32.6 Å². The molecule has 0 aromatic rings. The van der Waals surface area contributed by atoms with E-state index >= 15 is 0 Å². The van der Waals surface area contributed by atoms with E-state index in [1.807, 2.05) is 6.08 Å². The Morgan fingerprint density at radius 1 is 1.69 bits per heavy atom. The fourth-order valence-corrected chi connectivity index (χ4v) is 1.60. The number of carboxylic acids is 1. The Morgan fingerprint density at radius 2 is 2.46 bits per heavy atom. The molecule has 0 bridgehead atoms. The second-order valence-corrected chi connectivity index (χ2v) is 3.49. The van der Waals surface area contributed by atoms with E-state index in [4.69, 9.17) is 5.11 Å². The minimum Gasteiger partial charge on any atom is -0.481 e. The van der Waals surface area contributed by atoms with Crippen LogP contribution >= 0.6 is 0 Å². The smallest absolute Gasteiger partial charge is 0.307 e. The Balaban J connectivity index is 2.40. The molecule has 13 heavy (non-hydrogen) atoms. The summed E-state index contributed by atoms with van der Waals surface area (Å²) < 4.78 is 0. The lowest BCUT2D eigenvalue weighted by atomic mass is 9.92. The maximum absolute atomic E-state index is 10.4. The molecule has 0 saturated heterocycles. The molecule has 72 valence electrons. The predicted octanol–water partition coefficient (Wildman–Crippen LogP) is 2.76. The maximum atomic E-state index is 10.4. The highest BCUT2D eigenvalue weighted by Crippen LogP contribution is 2.21. The van der Waals surface area contributed by atoms with Gasteiger partial charge in [-0.25, -0.2) is 0 Å². The Morgan fingerprint density at radius 3 is 2.92 bits per heavy atom. The van der Waals surface area contributed by atoms with Gasteiger partial charge in [0.05, 0.1) is 6.42 Å². The molecule has 1 rings (SSSR count). The molecule has 2 heteroatoms. The molecule has 0 spiro atoms. The van der Waals surface area contributed by atoms with Crippen molar-refractivity contribution < 1.29 is 9.90 Å². The van der Waals surface area contributed by atoms with E-state index in [9.17, 15) is 4.79 Å². The van der Waals surface area contributed by atoms with Crippen LogP contribution in [0.3, 0.4) is 0 Å². The summed E-state index contributed by atoms with van der Waals surface area (Å²) in [5.74, 6) is -0.118. The van der Waals surface area contributed by atoms with Crippen LogP contribution in [-0.2, 0) is 4.79 Å². The molecule has 0 aromatic carbocycles. The van der Waals surface area contributed by atoms with E-state index in [2.05, 4.69) is 19.1 Å². The second-order valence-electron chi connectivity index (χ2n) is 3.49. The summed E-state index contributed by atoms with van der Waals surface area (Å²) in [6, 6.07) is 0. The van der Waals surface area contributed by atoms with Crippen LogP contribution in [-0.4, -0.2) is 11.1 Å². The van der Waals surface area contributed by atoms with E-state index in [0.717, 1.165) is 12.0 Å². The Hall–Kier alpha value is -1.05. The summed E-state index contributed by atoms with van der Waals surface area (Å²) in [6.45, 7) is 2.17. The van der Waals surface area contributed by atoms with Gasteiger partial charge in [-0.15, -0.1) is 0 Å². The normalized spacial score (nSPS) is 21.3. The van der Waals surface area contributed by atoms with Gasteiger partial charge in [-0.2, -0.15) is 0 Å². The molecule has 0 radical (unpaired) electrons. The maximum Gasteiger partial charge on any atom is 0.307 e. The topological polar surface area (TPSA) is 37.3 Å². The van der Waals surface area contributed by atoms with Crippen LogP contribution in [0.4, 0.5) is 0 Å². The van der Waals surface area contributed by atoms with Crippen LogP contribution < -0.4 is 0 Å². The molecule has 1 aliphatic carbocycles. The fraction of sp³-hybridized carbons (Fsp3) is 0.545. The van der Waals surface area contributed by atoms with Gasteiger partial charge in [0, 0.05) is 0 Å². The number of aliphatic carboxylic acids is 1. The van der Waals surface area contributed by atoms with Crippen LogP contribution in [0.15, 0.2) is 23.8 Å². The first-order valence-electron chi connectivity index (χ1n) is 4.81. The summed E-state index contributed by atoms with van der Waals surface area (Å²) in [4.78, 5) is 10.4. The largest absolute Gasteiger partial charge is 0.481 e. The first-order valence-corrected chi connectivity index (χ1v) is 4.81. The average molecular weight is 180 g/mol. The third-order valence-electron chi connectivity index (χ3n) is 2.28. The zero-order valence-electron chi connectivity index (χ0n) is 7.99. The van der Waals surface area contributed by atoms with Crippen molar-refractivity contribution in [3.8, 4) is 0 Å². The van der Waals surface area contributed by atoms with E-state index < -0.39 is 5.97 Å². The molecule has 0 saturated carbocycles. The van der Waals surface area contributed by atoms with E-state index in [-0.39, 0.29) is 6.42 Å².